The summed E-state index contributed by atoms with van der Waals surface area (Å²) in [5.74, 6) is 0.628. The fourth-order valence-electron chi connectivity index (χ4n) is 3.15. The molecule has 0 aliphatic heterocycles. The number of hydrogen-bond acceptors (Lipinski definition) is 4. The van der Waals surface area contributed by atoms with E-state index in [1.807, 2.05) is 30.9 Å². The predicted molar refractivity (Wildman–Crippen MR) is 98.8 cm³/mol. The van der Waals surface area contributed by atoms with E-state index in [-0.39, 0.29) is 23.6 Å². The Labute approximate surface area is 151 Å². The highest BCUT2D eigenvalue weighted by Crippen LogP contribution is 2.27. The van der Waals surface area contributed by atoms with Crippen molar-refractivity contribution in [2.24, 2.45) is 5.92 Å². The smallest absolute Gasteiger partial charge is 0.308 e. The molecule has 0 heterocycles. The molecule has 1 aromatic rings. The first-order valence-corrected chi connectivity index (χ1v) is 10.7. The molecule has 0 unspecified atom stereocenters. The maximum absolute atomic E-state index is 12.9. The van der Waals surface area contributed by atoms with E-state index in [1.165, 1.54) is 6.42 Å². The second kappa shape index (κ2) is 8.70. The van der Waals surface area contributed by atoms with Crippen LogP contribution in [0.15, 0.2) is 24.3 Å². The van der Waals surface area contributed by atoms with E-state index in [9.17, 15) is 13.2 Å². The van der Waals surface area contributed by atoms with Crippen LogP contribution in [0.2, 0.25) is 0 Å². The van der Waals surface area contributed by atoms with E-state index >= 15 is 0 Å². The second-order valence-electron chi connectivity index (χ2n) is 6.97. The molecule has 2 rings (SSSR count). The van der Waals surface area contributed by atoms with Crippen molar-refractivity contribution in [3.8, 4) is 5.75 Å². The standard InChI is InChI=1S/C19H29NO4S/c1-4-25(22,23)24-18-12-10-16(11-13-18)14-20(15(2)3)19(21)17-8-6-5-7-9-17/h10-13,15,17H,4-9,14H2,1-3H3. The predicted octanol–water partition coefficient (Wildman–Crippen LogP) is 3.73. The normalized spacial score (nSPS) is 16.0. The van der Waals surface area contributed by atoms with Crippen LogP contribution >= 0.6 is 0 Å². The summed E-state index contributed by atoms with van der Waals surface area (Å²) in [6, 6.07) is 7.07. The lowest BCUT2D eigenvalue weighted by Crippen LogP contribution is -2.41. The molecule has 140 valence electrons. The Morgan fingerprint density at radius 3 is 2.28 bits per heavy atom. The van der Waals surface area contributed by atoms with Gasteiger partial charge in [0.25, 0.3) is 0 Å². The maximum atomic E-state index is 12.9. The number of amides is 1. The number of hydrogen-bond donors (Lipinski definition) is 0. The van der Waals surface area contributed by atoms with Crippen LogP contribution in [0.25, 0.3) is 0 Å². The molecule has 0 atom stereocenters. The van der Waals surface area contributed by atoms with Crippen LogP contribution in [-0.2, 0) is 21.5 Å². The fraction of sp³-hybridized carbons (Fsp3) is 0.632. The van der Waals surface area contributed by atoms with E-state index in [1.54, 1.807) is 19.1 Å². The van der Waals surface area contributed by atoms with Gasteiger partial charge in [0.1, 0.15) is 5.75 Å². The van der Waals surface area contributed by atoms with Crippen LogP contribution < -0.4 is 4.18 Å². The monoisotopic (exact) mass is 367 g/mol. The highest BCUT2D eigenvalue weighted by molar-refractivity contribution is 7.87. The van der Waals surface area contributed by atoms with Gasteiger partial charge in [-0.1, -0.05) is 31.4 Å². The Balaban J connectivity index is 2.05. The Bertz CT molecular complexity index is 661. The highest BCUT2D eigenvalue weighted by atomic mass is 32.2. The van der Waals surface area contributed by atoms with Crippen molar-refractivity contribution in [1.29, 1.82) is 0 Å². The Hall–Kier alpha value is -1.56. The third kappa shape index (κ3) is 5.73. The lowest BCUT2D eigenvalue weighted by Gasteiger charge is -2.32. The molecule has 0 aromatic heterocycles. The van der Waals surface area contributed by atoms with Crippen molar-refractivity contribution >= 4 is 16.0 Å². The summed E-state index contributed by atoms with van der Waals surface area (Å²) in [6.07, 6.45) is 5.49. The summed E-state index contributed by atoms with van der Waals surface area (Å²) in [5, 5.41) is 0. The van der Waals surface area contributed by atoms with Gasteiger partial charge in [-0.3, -0.25) is 4.79 Å². The first kappa shape index (κ1) is 19.8. The summed E-state index contributed by atoms with van der Waals surface area (Å²) >= 11 is 0. The fourth-order valence-corrected chi connectivity index (χ4v) is 3.67. The molecule has 1 fully saturated rings. The van der Waals surface area contributed by atoms with Crippen LogP contribution in [0, 0.1) is 5.92 Å². The minimum atomic E-state index is -3.51. The quantitative estimate of drug-likeness (QED) is 0.689. The van der Waals surface area contributed by atoms with Crippen LogP contribution in [-0.4, -0.2) is 31.0 Å². The molecule has 6 heteroatoms. The number of carbonyl (C=O) groups excluding carboxylic acids is 1. The van der Waals surface area contributed by atoms with Crippen molar-refractivity contribution in [2.75, 3.05) is 5.75 Å². The van der Waals surface area contributed by atoms with Crippen LogP contribution in [0.3, 0.4) is 0 Å². The van der Waals surface area contributed by atoms with Crippen molar-refractivity contribution in [2.45, 2.75) is 65.5 Å². The van der Waals surface area contributed by atoms with Gasteiger partial charge < -0.3 is 9.08 Å². The third-order valence-electron chi connectivity index (χ3n) is 4.71. The lowest BCUT2D eigenvalue weighted by atomic mass is 9.88. The van der Waals surface area contributed by atoms with Gasteiger partial charge in [0.15, 0.2) is 0 Å². The first-order chi connectivity index (χ1) is 11.8. The molecule has 0 radical (unpaired) electrons. The molecule has 1 aliphatic carbocycles. The Morgan fingerprint density at radius 1 is 1.16 bits per heavy atom. The first-order valence-electron chi connectivity index (χ1n) is 9.14. The Morgan fingerprint density at radius 2 is 1.76 bits per heavy atom. The minimum absolute atomic E-state index is 0.0637. The molecule has 5 nitrogen and oxygen atoms in total. The molecule has 0 N–H and O–H groups in total. The van der Waals surface area contributed by atoms with Gasteiger partial charge in [-0.15, -0.1) is 0 Å². The molecule has 1 aliphatic rings. The van der Waals surface area contributed by atoms with Gasteiger partial charge >= 0.3 is 10.1 Å². The van der Waals surface area contributed by atoms with Gasteiger partial charge in [-0.05, 0) is 51.3 Å². The molecule has 1 saturated carbocycles. The summed E-state index contributed by atoms with van der Waals surface area (Å²) in [5.41, 5.74) is 0.971. The third-order valence-corrected chi connectivity index (χ3v) is 5.87. The van der Waals surface area contributed by atoms with E-state index in [2.05, 4.69) is 0 Å². The average molecular weight is 368 g/mol. The van der Waals surface area contributed by atoms with Gasteiger partial charge in [0, 0.05) is 18.5 Å². The summed E-state index contributed by atoms with van der Waals surface area (Å²) in [6.45, 7) is 6.15. The highest BCUT2D eigenvalue weighted by Gasteiger charge is 2.27. The molecular weight excluding hydrogens is 338 g/mol. The zero-order valence-electron chi connectivity index (χ0n) is 15.4. The van der Waals surface area contributed by atoms with Crippen LogP contribution in [0.5, 0.6) is 5.75 Å². The lowest BCUT2D eigenvalue weighted by molar-refractivity contribution is -0.139. The van der Waals surface area contributed by atoms with Crippen molar-refractivity contribution in [3.63, 3.8) is 0 Å². The number of rotatable bonds is 7. The topological polar surface area (TPSA) is 63.7 Å². The molecule has 25 heavy (non-hydrogen) atoms. The second-order valence-corrected chi connectivity index (χ2v) is 8.83. The zero-order chi connectivity index (χ0) is 18.4. The van der Waals surface area contributed by atoms with Crippen molar-refractivity contribution in [3.05, 3.63) is 29.8 Å². The van der Waals surface area contributed by atoms with Gasteiger partial charge in [0.2, 0.25) is 5.91 Å². The SMILES string of the molecule is CCS(=O)(=O)Oc1ccc(CN(C(=O)C2CCCCC2)C(C)C)cc1. The largest absolute Gasteiger partial charge is 0.382 e. The van der Waals surface area contributed by atoms with E-state index in [0.717, 1.165) is 31.2 Å². The van der Waals surface area contributed by atoms with Crippen molar-refractivity contribution in [1.82, 2.24) is 4.90 Å². The molecular formula is C19H29NO4S. The number of benzene rings is 1. The van der Waals surface area contributed by atoms with Gasteiger partial charge in [-0.25, -0.2) is 0 Å². The number of carbonyl (C=O) groups is 1. The van der Waals surface area contributed by atoms with E-state index in [0.29, 0.717) is 12.3 Å². The van der Waals surface area contributed by atoms with E-state index < -0.39 is 10.1 Å². The zero-order valence-corrected chi connectivity index (χ0v) is 16.2. The molecule has 0 spiro atoms. The molecule has 0 saturated heterocycles. The summed E-state index contributed by atoms with van der Waals surface area (Å²) < 4.78 is 28.0. The van der Waals surface area contributed by atoms with Crippen LogP contribution in [0.4, 0.5) is 0 Å². The van der Waals surface area contributed by atoms with Crippen molar-refractivity contribution < 1.29 is 17.4 Å². The van der Waals surface area contributed by atoms with Gasteiger partial charge in [-0.2, -0.15) is 8.42 Å². The maximum Gasteiger partial charge on any atom is 0.308 e. The molecule has 1 amide bonds. The molecule has 1 aromatic carbocycles. The molecule has 0 bridgehead atoms. The van der Waals surface area contributed by atoms with Crippen LogP contribution in [0.1, 0.15) is 58.4 Å². The summed E-state index contributed by atoms with van der Waals surface area (Å²) in [4.78, 5) is 14.8. The minimum Gasteiger partial charge on any atom is -0.382 e. The summed E-state index contributed by atoms with van der Waals surface area (Å²) in [7, 11) is -3.51. The Kier molecular flexibility index (Phi) is 6.87. The number of nitrogens with zero attached hydrogens (tertiary/aromatic N) is 1. The van der Waals surface area contributed by atoms with Gasteiger partial charge in [0.05, 0.1) is 5.75 Å². The average Bonchev–Trinajstić information content (AvgIpc) is 2.60. The van der Waals surface area contributed by atoms with E-state index in [4.69, 9.17) is 4.18 Å².